The molecule has 2 N–H and O–H groups in total. The predicted octanol–water partition coefficient (Wildman–Crippen LogP) is 2.76. The molecule has 10 nitrogen and oxygen atoms in total. The number of nitro groups is 1. The number of rotatable bonds is 6. The molecule has 0 radical (unpaired) electrons. The first-order valence-electron chi connectivity index (χ1n) is 7.66. The number of carbonyl (C=O) groups is 3. The number of ether oxygens (including phenoxy) is 2. The van der Waals surface area contributed by atoms with Crippen LogP contribution >= 0.6 is 11.6 Å². The lowest BCUT2D eigenvalue weighted by Gasteiger charge is -2.08. The molecule has 2 aromatic rings. The number of hydrogen-bond acceptors (Lipinski definition) is 7. The van der Waals surface area contributed by atoms with Crippen molar-refractivity contribution in [2.45, 2.75) is 0 Å². The molecular formula is C17H14ClN3O7. The van der Waals surface area contributed by atoms with Gasteiger partial charge in [0.05, 0.1) is 22.6 Å². The van der Waals surface area contributed by atoms with E-state index in [-0.39, 0.29) is 16.3 Å². The fourth-order valence-electron chi connectivity index (χ4n) is 1.99. The van der Waals surface area contributed by atoms with E-state index in [1.54, 1.807) is 24.3 Å². The summed E-state index contributed by atoms with van der Waals surface area (Å²) in [5.41, 5.74) is -0.0296. The molecule has 0 aliphatic heterocycles. The van der Waals surface area contributed by atoms with Crippen molar-refractivity contribution in [2.75, 3.05) is 19.0 Å². The van der Waals surface area contributed by atoms with Gasteiger partial charge in [-0.2, -0.15) is 0 Å². The number of nitrogens with zero attached hydrogens (tertiary/aromatic N) is 1. The van der Waals surface area contributed by atoms with E-state index in [4.69, 9.17) is 21.1 Å². The number of amides is 3. The summed E-state index contributed by atoms with van der Waals surface area (Å²) in [4.78, 5) is 45.4. The van der Waals surface area contributed by atoms with Gasteiger partial charge < -0.3 is 14.8 Å². The highest BCUT2D eigenvalue weighted by Gasteiger charge is 2.18. The first-order valence-corrected chi connectivity index (χ1v) is 8.04. The molecule has 2 aromatic carbocycles. The zero-order valence-corrected chi connectivity index (χ0v) is 15.2. The molecule has 28 heavy (non-hydrogen) atoms. The Morgan fingerprint density at radius 3 is 2.39 bits per heavy atom. The molecule has 0 aromatic heterocycles. The van der Waals surface area contributed by atoms with Gasteiger partial charge in [-0.25, -0.2) is 9.59 Å². The van der Waals surface area contributed by atoms with Crippen LogP contribution in [0.5, 0.6) is 5.75 Å². The molecule has 11 heteroatoms. The van der Waals surface area contributed by atoms with Gasteiger partial charge in [-0.1, -0.05) is 11.6 Å². The quantitative estimate of drug-likeness (QED) is 0.426. The number of nitrogens with one attached hydrogen (secondary N) is 2. The van der Waals surface area contributed by atoms with Gasteiger partial charge in [0, 0.05) is 17.8 Å². The van der Waals surface area contributed by atoms with Crippen LogP contribution in [0.25, 0.3) is 0 Å². The highest BCUT2D eigenvalue weighted by atomic mass is 35.5. The van der Waals surface area contributed by atoms with Crippen molar-refractivity contribution in [3.8, 4) is 5.75 Å². The minimum Gasteiger partial charge on any atom is -0.497 e. The molecule has 0 aliphatic carbocycles. The van der Waals surface area contributed by atoms with E-state index >= 15 is 0 Å². The third-order valence-corrected chi connectivity index (χ3v) is 3.63. The van der Waals surface area contributed by atoms with Gasteiger partial charge >= 0.3 is 12.0 Å². The maximum absolute atomic E-state index is 11.9. The van der Waals surface area contributed by atoms with Crippen molar-refractivity contribution in [3.63, 3.8) is 0 Å². The van der Waals surface area contributed by atoms with E-state index in [1.165, 1.54) is 7.11 Å². The van der Waals surface area contributed by atoms with E-state index in [0.717, 1.165) is 18.2 Å². The second-order valence-corrected chi connectivity index (χ2v) is 5.64. The highest BCUT2D eigenvalue weighted by Crippen LogP contribution is 2.23. The van der Waals surface area contributed by atoms with E-state index in [0.29, 0.717) is 11.4 Å². The van der Waals surface area contributed by atoms with Crippen molar-refractivity contribution in [1.82, 2.24) is 5.32 Å². The Balaban J connectivity index is 1.85. The van der Waals surface area contributed by atoms with Crippen molar-refractivity contribution < 1.29 is 28.8 Å². The maximum Gasteiger partial charge on any atom is 0.340 e. The van der Waals surface area contributed by atoms with Crippen molar-refractivity contribution >= 4 is 40.9 Å². The largest absolute Gasteiger partial charge is 0.497 e. The fourth-order valence-corrected chi connectivity index (χ4v) is 2.24. The van der Waals surface area contributed by atoms with Crippen LogP contribution in [0.1, 0.15) is 10.4 Å². The van der Waals surface area contributed by atoms with Gasteiger partial charge in [-0.15, -0.1) is 0 Å². The molecule has 0 aliphatic rings. The second kappa shape index (κ2) is 9.33. The molecule has 146 valence electrons. The van der Waals surface area contributed by atoms with Crippen LogP contribution in [0.4, 0.5) is 16.2 Å². The average Bonchev–Trinajstić information content (AvgIpc) is 2.66. The third kappa shape index (κ3) is 5.68. The average molecular weight is 408 g/mol. The number of esters is 1. The Labute approximate surface area is 163 Å². The number of hydrogen-bond donors (Lipinski definition) is 2. The Hall–Kier alpha value is -3.66. The van der Waals surface area contributed by atoms with Gasteiger partial charge in [0.2, 0.25) is 0 Å². The Kier molecular flexibility index (Phi) is 6.88. The van der Waals surface area contributed by atoms with Crippen molar-refractivity contribution in [1.29, 1.82) is 0 Å². The zero-order chi connectivity index (χ0) is 20.7. The van der Waals surface area contributed by atoms with Crippen LogP contribution in [-0.4, -0.2) is 36.5 Å². The van der Waals surface area contributed by atoms with E-state index < -0.39 is 29.4 Å². The normalized spacial score (nSPS) is 9.93. The summed E-state index contributed by atoms with van der Waals surface area (Å²) < 4.78 is 9.73. The number of anilines is 1. The summed E-state index contributed by atoms with van der Waals surface area (Å²) in [7, 11) is 1.50. The summed E-state index contributed by atoms with van der Waals surface area (Å²) in [5, 5.41) is 14.9. The minimum absolute atomic E-state index is 0.150. The van der Waals surface area contributed by atoms with Crippen LogP contribution in [0.2, 0.25) is 5.02 Å². The standard InChI is InChI=1S/C17H14ClN3O7/c1-27-12-5-2-10(3-6-12)19-17(24)20-15(22)9-28-16(23)13-7-4-11(21(25)26)8-14(13)18/h2-8H,9H2,1H3,(H2,19,20,22,24). The lowest BCUT2D eigenvalue weighted by molar-refractivity contribution is -0.384. The molecule has 0 atom stereocenters. The maximum atomic E-state index is 11.9. The number of carbonyl (C=O) groups excluding carboxylic acids is 3. The molecule has 0 saturated heterocycles. The highest BCUT2D eigenvalue weighted by molar-refractivity contribution is 6.33. The van der Waals surface area contributed by atoms with Gasteiger partial charge in [-0.3, -0.25) is 20.2 Å². The number of urea groups is 1. The first kappa shape index (κ1) is 20.6. The number of benzene rings is 2. The van der Waals surface area contributed by atoms with Crippen LogP contribution in [0, 0.1) is 10.1 Å². The number of imide groups is 1. The summed E-state index contributed by atoms with van der Waals surface area (Å²) in [6.45, 7) is -0.748. The predicted molar refractivity (Wildman–Crippen MR) is 98.5 cm³/mol. The van der Waals surface area contributed by atoms with Crippen LogP contribution in [-0.2, 0) is 9.53 Å². The zero-order valence-electron chi connectivity index (χ0n) is 14.4. The first-order chi connectivity index (χ1) is 13.3. The smallest absolute Gasteiger partial charge is 0.340 e. The molecule has 0 saturated carbocycles. The van der Waals surface area contributed by atoms with Crippen molar-refractivity contribution in [3.05, 3.63) is 63.2 Å². The lowest BCUT2D eigenvalue weighted by Crippen LogP contribution is -2.37. The molecule has 0 spiro atoms. The summed E-state index contributed by atoms with van der Waals surface area (Å²) in [6, 6.07) is 8.72. The van der Waals surface area contributed by atoms with Gasteiger partial charge in [0.15, 0.2) is 6.61 Å². The second-order valence-electron chi connectivity index (χ2n) is 5.23. The van der Waals surface area contributed by atoms with Gasteiger partial charge in [-0.05, 0) is 30.3 Å². The Bertz CT molecular complexity index is 915. The summed E-state index contributed by atoms with van der Waals surface area (Å²) in [5.74, 6) is -1.25. The molecule has 0 fully saturated rings. The molecule has 2 rings (SSSR count). The van der Waals surface area contributed by atoms with Crippen molar-refractivity contribution in [2.24, 2.45) is 0 Å². The number of non-ortho nitro benzene ring substituents is 1. The van der Waals surface area contributed by atoms with E-state index in [1.807, 2.05) is 5.32 Å². The monoisotopic (exact) mass is 407 g/mol. The molecule has 0 unspecified atom stereocenters. The van der Waals surface area contributed by atoms with Crippen LogP contribution in [0.15, 0.2) is 42.5 Å². The molecule has 0 bridgehead atoms. The summed E-state index contributed by atoms with van der Waals surface area (Å²) in [6.07, 6.45) is 0. The lowest BCUT2D eigenvalue weighted by atomic mass is 10.2. The van der Waals surface area contributed by atoms with E-state index in [9.17, 15) is 24.5 Å². The van der Waals surface area contributed by atoms with E-state index in [2.05, 4.69) is 5.32 Å². The number of nitro benzene ring substituents is 1. The van der Waals surface area contributed by atoms with Gasteiger partial charge in [0.1, 0.15) is 5.75 Å². The summed E-state index contributed by atoms with van der Waals surface area (Å²) >= 11 is 5.80. The molecular weight excluding hydrogens is 394 g/mol. The number of methoxy groups -OCH3 is 1. The Morgan fingerprint density at radius 1 is 1.14 bits per heavy atom. The van der Waals surface area contributed by atoms with Crippen LogP contribution < -0.4 is 15.4 Å². The fraction of sp³-hybridized carbons (Fsp3) is 0.118. The van der Waals surface area contributed by atoms with Crippen LogP contribution in [0.3, 0.4) is 0 Å². The minimum atomic E-state index is -0.967. The SMILES string of the molecule is COc1ccc(NC(=O)NC(=O)COC(=O)c2ccc([N+](=O)[O-])cc2Cl)cc1. The third-order valence-electron chi connectivity index (χ3n) is 3.32. The van der Waals surface area contributed by atoms with Gasteiger partial charge in [0.25, 0.3) is 11.6 Å². The number of halogens is 1. The topological polar surface area (TPSA) is 137 Å². The molecule has 0 heterocycles. The molecule has 3 amide bonds. The Morgan fingerprint density at radius 2 is 1.82 bits per heavy atom.